The summed E-state index contributed by atoms with van der Waals surface area (Å²) in [5, 5.41) is 13.9. The number of amides is 1. The lowest BCUT2D eigenvalue weighted by Crippen LogP contribution is -2.37. The molecule has 1 aliphatic rings. The van der Waals surface area contributed by atoms with Crippen LogP contribution in [0.5, 0.6) is 0 Å². The second kappa shape index (κ2) is 10.2. The van der Waals surface area contributed by atoms with Crippen LogP contribution in [0.3, 0.4) is 0 Å². The highest BCUT2D eigenvalue weighted by Gasteiger charge is 2.33. The smallest absolute Gasteiger partial charge is 0.258 e. The molecule has 0 N–H and O–H groups in total. The van der Waals surface area contributed by atoms with E-state index in [1.165, 1.54) is 40.7 Å². The molecule has 0 unspecified atom stereocenters. The minimum absolute atomic E-state index is 0.0582. The molecule has 0 bridgehead atoms. The molecule has 3 aromatic carbocycles. The van der Waals surface area contributed by atoms with Crippen LogP contribution in [-0.2, 0) is 36.6 Å². The molecule has 0 spiro atoms. The summed E-state index contributed by atoms with van der Waals surface area (Å²) in [7, 11) is -2.06. The highest BCUT2D eigenvalue weighted by atomic mass is 32.2. The quantitative estimate of drug-likeness (QED) is 0.376. The number of anilines is 1. The van der Waals surface area contributed by atoms with Gasteiger partial charge in [0.15, 0.2) is 0 Å². The number of aryl methyl sites for hydroxylation is 1. The number of halogens is 1. The number of hydrogen-bond donors (Lipinski definition) is 0. The van der Waals surface area contributed by atoms with Crippen LogP contribution < -0.4 is 4.90 Å². The normalized spacial score (nSPS) is 13.5. The van der Waals surface area contributed by atoms with Gasteiger partial charge in [-0.25, -0.2) is 12.8 Å². The third-order valence-corrected chi connectivity index (χ3v) is 8.44. The molecule has 192 valence electrons. The predicted octanol–water partition coefficient (Wildman–Crippen LogP) is 4.02. The predicted molar refractivity (Wildman–Crippen MR) is 139 cm³/mol. The Morgan fingerprint density at radius 2 is 1.82 bits per heavy atom. The van der Waals surface area contributed by atoms with Crippen LogP contribution in [0, 0.1) is 17.1 Å². The SMILES string of the molecule is Cn1nc(CN(C(=O)c2ccc(F)cc2)c2ccccc2)c2c1CCN(S(=O)(=O)c1cccc(C#N)c1)C2. The maximum atomic E-state index is 13.5. The Morgan fingerprint density at radius 1 is 1.08 bits per heavy atom. The molecule has 0 fully saturated rings. The van der Waals surface area contributed by atoms with Crippen LogP contribution >= 0.6 is 0 Å². The average molecular weight is 530 g/mol. The minimum Gasteiger partial charge on any atom is -0.302 e. The summed E-state index contributed by atoms with van der Waals surface area (Å²) >= 11 is 0. The van der Waals surface area contributed by atoms with Crippen LogP contribution in [-0.4, -0.2) is 35.0 Å². The van der Waals surface area contributed by atoms with E-state index in [2.05, 4.69) is 5.10 Å². The number of nitriles is 1. The molecule has 0 saturated carbocycles. The van der Waals surface area contributed by atoms with Gasteiger partial charge in [-0.1, -0.05) is 24.3 Å². The number of benzene rings is 3. The number of hydrogen-bond acceptors (Lipinski definition) is 5. The summed E-state index contributed by atoms with van der Waals surface area (Å²) in [4.78, 5) is 15.2. The fourth-order valence-corrected chi connectivity index (χ4v) is 6.09. The molecule has 0 atom stereocenters. The number of rotatable bonds is 6. The third kappa shape index (κ3) is 4.81. The first-order valence-electron chi connectivity index (χ1n) is 11.9. The molecule has 1 aliphatic heterocycles. The van der Waals surface area contributed by atoms with Gasteiger partial charge in [0, 0.05) is 49.1 Å². The maximum Gasteiger partial charge on any atom is 0.258 e. The van der Waals surface area contributed by atoms with Crippen molar-refractivity contribution < 1.29 is 17.6 Å². The lowest BCUT2D eigenvalue weighted by molar-refractivity contribution is 0.0984. The van der Waals surface area contributed by atoms with Gasteiger partial charge in [0.1, 0.15) is 5.82 Å². The van der Waals surface area contributed by atoms with Crippen molar-refractivity contribution in [2.45, 2.75) is 24.4 Å². The molecule has 0 radical (unpaired) electrons. The topological polar surface area (TPSA) is 99.3 Å². The Hall–Kier alpha value is -4.33. The van der Waals surface area contributed by atoms with Gasteiger partial charge in [0.2, 0.25) is 10.0 Å². The number of carbonyl (C=O) groups is 1. The Morgan fingerprint density at radius 3 is 2.53 bits per heavy atom. The zero-order valence-electron chi connectivity index (χ0n) is 20.6. The molecule has 0 saturated heterocycles. The van der Waals surface area contributed by atoms with Gasteiger partial charge in [-0.3, -0.25) is 9.48 Å². The maximum absolute atomic E-state index is 13.5. The van der Waals surface area contributed by atoms with Crippen molar-refractivity contribution in [3.05, 3.63) is 113 Å². The average Bonchev–Trinajstić information content (AvgIpc) is 3.26. The van der Waals surface area contributed by atoms with Crippen LogP contribution in [0.2, 0.25) is 0 Å². The molecule has 0 aliphatic carbocycles. The van der Waals surface area contributed by atoms with Gasteiger partial charge in [0.25, 0.3) is 5.91 Å². The van der Waals surface area contributed by atoms with E-state index in [1.807, 2.05) is 24.3 Å². The molecule has 4 aromatic rings. The fourth-order valence-electron chi connectivity index (χ4n) is 4.64. The van der Waals surface area contributed by atoms with Crippen LogP contribution in [0.25, 0.3) is 0 Å². The molecule has 1 amide bonds. The number of fused-ring (bicyclic) bond motifs is 1. The van der Waals surface area contributed by atoms with E-state index in [-0.39, 0.29) is 36.0 Å². The van der Waals surface area contributed by atoms with Gasteiger partial charge in [-0.2, -0.15) is 14.7 Å². The van der Waals surface area contributed by atoms with Crippen molar-refractivity contribution in [1.29, 1.82) is 5.26 Å². The molecule has 1 aromatic heterocycles. The first-order chi connectivity index (χ1) is 18.3. The summed E-state index contributed by atoms with van der Waals surface area (Å²) in [6.45, 7) is 0.453. The fraction of sp³-hybridized carbons (Fsp3) is 0.179. The summed E-state index contributed by atoms with van der Waals surface area (Å²) in [5.41, 5.74) is 3.44. The first-order valence-corrected chi connectivity index (χ1v) is 13.4. The molecular weight excluding hydrogens is 505 g/mol. The van der Waals surface area contributed by atoms with Gasteiger partial charge in [-0.05, 0) is 54.6 Å². The van der Waals surface area contributed by atoms with Crippen molar-refractivity contribution in [3.8, 4) is 6.07 Å². The van der Waals surface area contributed by atoms with E-state index in [0.717, 1.165) is 11.3 Å². The van der Waals surface area contributed by atoms with E-state index in [1.54, 1.807) is 40.9 Å². The van der Waals surface area contributed by atoms with E-state index >= 15 is 0 Å². The molecule has 8 nitrogen and oxygen atoms in total. The lowest BCUT2D eigenvalue weighted by Gasteiger charge is -2.28. The van der Waals surface area contributed by atoms with Crippen molar-refractivity contribution in [2.24, 2.45) is 7.05 Å². The van der Waals surface area contributed by atoms with Gasteiger partial charge >= 0.3 is 0 Å². The largest absolute Gasteiger partial charge is 0.302 e. The Bertz CT molecular complexity index is 1640. The Labute approximate surface area is 220 Å². The molecular formula is C28H24FN5O3S. The van der Waals surface area contributed by atoms with Crippen molar-refractivity contribution in [1.82, 2.24) is 14.1 Å². The summed E-state index contributed by atoms with van der Waals surface area (Å²) in [5.74, 6) is -0.766. The summed E-state index contributed by atoms with van der Waals surface area (Å²) < 4.78 is 43.5. The number of para-hydroxylation sites is 1. The highest BCUT2D eigenvalue weighted by Crippen LogP contribution is 2.29. The Balaban J connectivity index is 1.49. The van der Waals surface area contributed by atoms with E-state index in [0.29, 0.717) is 23.4 Å². The number of nitrogens with zero attached hydrogens (tertiary/aromatic N) is 5. The van der Waals surface area contributed by atoms with Gasteiger partial charge in [-0.15, -0.1) is 0 Å². The number of sulfonamides is 1. The molecule has 5 rings (SSSR count). The van der Waals surface area contributed by atoms with E-state index in [4.69, 9.17) is 0 Å². The number of aromatic nitrogens is 2. The monoisotopic (exact) mass is 529 g/mol. The van der Waals surface area contributed by atoms with Crippen LogP contribution in [0.1, 0.15) is 32.9 Å². The lowest BCUT2D eigenvalue weighted by atomic mass is 10.1. The standard InChI is InChI=1S/C28H24FN5O3S/c1-32-27-14-15-33(38(36,37)24-9-5-6-20(16-24)17-30)18-25(27)26(31-32)19-34(23-7-3-2-4-8-23)28(35)21-10-12-22(29)13-11-21/h2-13,16H,14-15,18-19H2,1H3. The van der Waals surface area contributed by atoms with Crippen molar-refractivity contribution in [2.75, 3.05) is 11.4 Å². The summed E-state index contributed by atoms with van der Waals surface area (Å²) in [6.07, 6.45) is 0.452. The Kier molecular flexibility index (Phi) is 6.80. The second-order valence-corrected chi connectivity index (χ2v) is 10.9. The van der Waals surface area contributed by atoms with Crippen LogP contribution in [0.15, 0.2) is 83.8 Å². The number of carbonyl (C=O) groups excluding carboxylic acids is 1. The van der Waals surface area contributed by atoms with Gasteiger partial charge < -0.3 is 4.90 Å². The third-order valence-electron chi connectivity index (χ3n) is 6.60. The van der Waals surface area contributed by atoms with Crippen molar-refractivity contribution >= 4 is 21.6 Å². The van der Waals surface area contributed by atoms with E-state index < -0.39 is 15.8 Å². The molecule has 38 heavy (non-hydrogen) atoms. The van der Waals surface area contributed by atoms with Crippen LogP contribution in [0.4, 0.5) is 10.1 Å². The zero-order valence-corrected chi connectivity index (χ0v) is 21.4. The molecule has 2 heterocycles. The highest BCUT2D eigenvalue weighted by molar-refractivity contribution is 7.89. The minimum atomic E-state index is -3.86. The first kappa shape index (κ1) is 25.3. The van der Waals surface area contributed by atoms with E-state index in [9.17, 15) is 22.9 Å². The van der Waals surface area contributed by atoms with Crippen molar-refractivity contribution in [3.63, 3.8) is 0 Å². The zero-order chi connectivity index (χ0) is 26.9. The molecule has 10 heteroatoms. The van der Waals surface area contributed by atoms with Gasteiger partial charge in [0.05, 0.1) is 28.8 Å². The second-order valence-electron chi connectivity index (χ2n) is 8.96. The summed E-state index contributed by atoms with van der Waals surface area (Å²) in [6, 6.07) is 22.4.